The summed E-state index contributed by atoms with van der Waals surface area (Å²) < 4.78 is 0. The summed E-state index contributed by atoms with van der Waals surface area (Å²) in [5.41, 5.74) is -0.448. The molecule has 2 saturated heterocycles. The molecule has 0 spiro atoms. The van der Waals surface area contributed by atoms with Gasteiger partial charge in [0, 0.05) is 44.1 Å². The molecule has 2 unspecified atom stereocenters. The van der Waals surface area contributed by atoms with E-state index in [1.165, 1.54) is 0 Å². The predicted molar refractivity (Wildman–Crippen MR) is 57.2 cm³/mol. The molecule has 2 atom stereocenters. The highest BCUT2D eigenvalue weighted by Crippen LogP contribution is 2.35. The first-order valence-electron chi connectivity index (χ1n) is 5.69. The van der Waals surface area contributed by atoms with Gasteiger partial charge in [0.2, 0.25) is 0 Å². The Kier molecular flexibility index (Phi) is 2.58. The van der Waals surface area contributed by atoms with Crippen LogP contribution in [-0.4, -0.2) is 47.8 Å². The van der Waals surface area contributed by atoms with Gasteiger partial charge < -0.3 is 15.3 Å². The van der Waals surface area contributed by atoms with Crippen LogP contribution in [0, 0.1) is 11.8 Å². The molecule has 2 aliphatic rings. The molecule has 0 radical (unpaired) electrons. The summed E-state index contributed by atoms with van der Waals surface area (Å²) in [5, 5.41) is 13.8. The van der Waals surface area contributed by atoms with E-state index >= 15 is 0 Å². The van der Waals surface area contributed by atoms with Crippen molar-refractivity contribution in [1.82, 2.24) is 10.2 Å². The number of piperidine rings is 2. The zero-order valence-corrected chi connectivity index (χ0v) is 9.45. The van der Waals surface area contributed by atoms with E-state index in [9.17, 15) is 5.11 Å². The highest BCUT2D eigenvalue weighted by Gasteiger charge is 2.47. The summed E-state index contributed by atoms with van der Waals surface area (Å²) in [5.74, 6) is 0.801. The summed E-state index contributed by atoms with van der Waals surface area (Å²) in [6, 6.07) is 0.606. The van der Waals surface area contributed by atoms with E-state index in [4.69, 9.17) is 0 Å². The average Bonchev–Trinajstić information content (AvgIpc) is 2.00. The van der Waals surface area contributed by atoms with Crippen molar-refractivity contribution < 1.29 is 5.11 Å². The zero-order valence-electron chi connectivity index (χ0n) is 9.45. The molecule has 0 aliphatic carbocycles. The Hall–Kier alpha value is -0.120. The molecule has 2 rings (SSSR count). The third-order valence-electron chi connectivity index (χ3n) is 4.07. The second kappa shape index (κ2) is 3.47. The number of likely N-dealkylation sites (tertiary alicyclic amines) is 1. The summed E-state index contributed by atoms with van der Waals surface area (Å²) in [4.78, 5) is 2.49. The number of hydrogen-bond acceptors (Lipinski definition) is 3. The third kappa shape index (κ3) is 1.58. The van der Waals surface area contributed by atoms with E-state index in [0.29, 0.717) is 17.9 Å². The second-order valence-electron chi connectivity index (χ2n) is 5.33. The molecular formula is C11H22N2O. The summed E-state index contributed by atoms with van der Waals surface area (Å²) in [6.45, 7) is 10.5. The van der Waals surface area contributed by atoms with E-state index in [1.807, 2.05) is 6.92 Å². The van der Waals surface area contributed by atoms with Crippen LogP contribution < -0.4 is 5.32 Å². The lowest BCUT2D eigenvalue weighted by Gasteiger charge is -2.52. The Morgan fingerprint density at radius 3 is 2.21 bits per heavy atom. The Balaban J connectivity index is 2.12. The normalized spacial score (nSPS) is 44.4. The fourth-order valence-electron chi connectivity index (χ4n) is 2.74. The van der Waals surface area contributed by atoms with Gasteiger partial charge in [-0.3, -0.25) is 0 Å². The minimum Gasteiger partial charge on any atom is -0.389 e. The van der Waals surface area contributed by atoms with Gasteiger partial charge in [0.1, 0.15) is 0 Å². The summed E-state index contributed by atoms with van der Waals surface area (Å²) in [7, 11) is 0. The SMILES string of the molecule is CC(C)N1CC2CNCC(C1)C2(C)O. The van der Waals surface area contributed by atoms with E-state index < -0.39 is 5.60 Å². The minimum atomic E-state index is -0.448. The van der Waals surface area contributed by atoms with Gasteiger partial charge in [0.15, 0.2) is 0 Å². The number of fused-ring (bicyclic) bond motifs is 2. The third-order valence-corrected chi connectivity index (χ3v) is 4.07. The quantitative estimate of drug-likeness (QED) is 0.636. The molecule has 0 saturated carbocycles. The van der Waals surface area contributed by atoms with Crippen LogP contribution in [0.25, 0.3) is 0 Å². The fourth-order valence-corrected chi connectivity index (χ4v) is 2.74. The Labute approximate surface area is 86.5 Å². The lowest BCUT2D eigenvalue weighted by Crippen LogP contribution is -2.65. The molecule has 14 heavy (non-hydrogen) atoms. The van der Waals surface area contributed by atoms with Crippen molar-refractivity contribution in [1.29, 1.82) is 0 Å². The highest BCUT2D eigenvalue weighted by atomic mass is 16.3. The average molecular weight is 198 g/mol. The Morgan fingerprint density at radius 1 is 1.29 bits per heavy atom. The molecule has 2 fully saturated rings. The first kappa shape index (κ1) is 10.4. The number of nitrogens with zero attached hydrogens (tertiary/aromatic N) is 1. The van der Waals surface area contributed by atoms with E-state index in [0.717, 1.165) is 26.2 Å². The first-order valence-corrected chi connectivity index (χ1v) is 5.69. The molecule has 2 aliphatic heterocycles. The van der Waals surface area contributed by atoms with Gasteiger partial charge >= 0.3 is 0 Å². The predicted octanol–water partition coefficient (Wildman–Crippen LogP) is 0.297. The van der Waals surface area contributed by atoms with E-state index in [-0.39, 0.29) is 0 Å². The van der Waals surface area contributed by atoms with Crippen LogP contribution in [0.4, 0.5) is 0 Å². The van der Waals surface area contributed by atoms with Crippen molar-refractivity contribution in [2.75, 3.05) is 26.2 Å². The topological polar surface area (TPSA) is 35.5 Å². The van der Waals surface area contributed by atoms with Crippen LogP contribution >= 0.6 is 0 Å². The smallest absolute Gasteiger partial charge is 0.0724 e. The first-order chi connectivity index (χ1) is 6.51. The standard InChI is InChI=1S/C11H22N2O/c1-8(2)13-6-9-4-12-5-10(7-13)11(9,3)14/h8-10,12,14H,4-7H2,1-3H3. The van der Waals surface area contributed by atoms with Crippen molar-refractivity contribution in [2.24, 2.45) is 11.8 Å². The van der Waals surface area contributed by atoms with Gasteiger partial charge in [-0.15, -0.1) is 0 Å². The number of aliphatic hydroxyl groups is 1. The molecule has 3 nitrogen and oxygen atoms in total. The number of nitrogens with one attached hydrogen (secondary N) is 1. The summed E-state index contributed by atoms with van der Waals surface area (Å²) in [6.07, 6.45) is 0. The van der Waals surface area contributed by atoms with Crippen LogP contribution in [-0.2, 0) is 0 Å². The molecule has 82 valence electrons. The lowest BCUT2D eigenvalue weighted by atomic mass is 9.72. The van der Waals surface area contributed by atoms with Crippen LogP contribution in [0.5, 0.6) is 0 Å². The molecule has 2 heterocycles. The fraction of sp³-hybridized carbons (Fsp3) is 1.00. The second-order valence-corrected chi connectivity index (χ2v) is 5.33. The maximum absolute atomic E-state index is 10.4. The van der Waals surface area contributed by atoms with Gasteiger partial charge in [-0.1, -0.05) is 0 Å². The van der Waals surface area contributed by atoms with Gasteiger partial charge in [0.05, 0.1) is 5.60 Å². The van der Waals surface area contributed by atoms with Crippen molar-refractivity contribution in [3.8, 4) is 0 Å². The van der Waals surface area contributed by atoms with E-state index in [1.54, 1.807) is 0 Å². The van der Waals surface area contributed by atoms with Crippen molar-refractivity contribution in [3.63, 3.8) is 0 Å². The molecule has 0 aromatic carbocycles. The monoisotopic (exact) mass is 198 g/mol. The minimum absolute atomic E-state index is 0.400. The van der Waals surface area contributed by atoms with E-state index in [2.05, 4.69) is 24.1 Å². The molecule has 0 aromatic rings. The van der Waals surface area contributed by atoms with Crippen LogP contribution in [0.2, 0.25) is 0 Å². The van der Waals surface area contributed by atoms with Crippen molar-refractivity contribution >= 4 is 0 Å². The van der Waals surface area contributed by atoms with Gasteiger partial charge in [-0.25, -0.2) is 0 Å². The van der Waals surface area contributed by atoms with Crippen LogP contribution in [0.3, 0.4) is 0 Å². The lowest BCUT2D eigenvalue weighted by molar-refractivity contribution is -0.123. The Bertz CT molecular complexity index is 199. The molecule has 2 bridgehead atoms. The van der Waals surface area contributed by atoms with Gasteiger partial charge in [-0.05, 0) is 20.8 Å². The van der Waals surface area contributed by atoms with Crippen molar-refractivity contribution in [2.45, 2.75) is 32.4 Å². The maximum Gasteiger partial charge on any atom is 0.0724 e. The van der Waals surface area contributed by atoms with Gasteiger partial charge in [-0.2, -0.15) is 0 Å². The Morgan fingerprint density at radius 2 is 1.79 bits per heavy atom. The maximum atomic E-state index is 10.4. The summed E-state index contributed by atoms with van der Waals surface area (Å²) >= 11 is 0. The van der Waals surface area contributed by atoms with Gasteiger partial charge in [0.25, 0.3) is 0 Å². The molecule has 2 N–H and O–H groups in total. The molecule has 0 aromatic heterocycles. The zero-order chi connectivity index (χ0) is 10.3. The molecule has 3 heteroatoms. The number of hydrogen-bond donors (Lipinski definition) is 2. The van der Waals surface area contributed by atoms with Crippen LogP contribution in [0.1, 0.15) is 20.8 Å². The van der Waals surface area contributed by atoms with Crippen molar-refractivity contribution in [3.05, 3.63) is 0 Å². The number of rotatable bonds is 1. The molecular weight excluding hydrogens is 176 g/mol. The highest BCUT2D eigenvalue weighted by molar-refractivity contribution is 5.01. The van der Waals surface area contributed by atoms with Crippen LogP contribution in [0.15, 0.2) is 0 Å². The largest absolute Gasteiger partial charge is 0.389 e. The molecule has 0 amide bonds.